The highest BCUT2D eigenvalue weighted by Gasteiger charge is 2.28. The number of nitrogens with one attached hydrogen (secondary N) is 2. The normalized spacial score (nSPS) is 26.5. The first-order chi connectivity index (χ1) is 8.18. The van der Waals surface area contributed by atoms with Crippen molar-refractivity contribution >= 4 is 17.2 Å². The molecule has 2 rings (SSSR count). The van der Waals surface area contributed by atoms with Crippen LogP contribution in [0.1, 0.15) is 38.3 Å². The molecule has 3 unspecified atom stereocenters. The highest BCUT2D eigenvalue weighted by atomic mass is 32.1. The molecule has 0 saturated carbocycles. The van der Waals surface area contributed by atoms with E-state index in [2.05, 4.69) is 29.0 Å². The Morgan fingerprint density at radius 1 is 1.65 bits per heavy atom. The molecule has 1 aromatic heterocycles. The van der Waals surface area contributed by atoms with E-state index in [0.717, 1.165) is 13.0 Å². The Kier molecular flexibility index (Phi) is 4.18. The van der Waals surface area contributed by atoms with Crippen LogP contribution in [0.15, 0.2) is 16.8 Å². The van der Waals surface area contributed by atoms with Gasteiger partial charge in [-0.25, -0.2) is 0 Å². The van der Waals surface area contributed by atoms with Crippen molar-refractivity contribution in [3.8, 4) is 0 Å². The average Bonchev–Trinajstić information content (AvgIpc) is 2.82. The predicted molar refractivity (Wildman–Crippen MR) is 71.1 cm³/mol. The first kappa shape index (κ1) is 12.6. The molecule has 3 nitrogen and oxygen atoms in total. The minimum atomic E-state index is -0.0233. The van der Waals surface area contributed by atoms with Gasteiger partial charge in [-0.3, -0.25) is 4.79 Å². The van der Waals surface area contributed by atoms with Crippen LogP contribution in [0.5, 0.6) is 0 Å². The molecule has 94 valence electrons. The first-order valence-electron chi connectivity index (χ1n) is 6.24. The summed E-state index contributed by atoms with van der Waals surface area (Å²) in [4.78, 5) is 12.1. The zero-order chi connectivity index (χ0) is 12.3. The van der Waals surface area contributed by atoms with E-state index in [4.69, 9.17) is 0 Å². The van der Waals surface area contributed by atoms with Gasteiger partial charge in [0.15, 0.2) is 0 Å². The Morgan fingerprint density at radius 2 is 2.47 bits per heavy atom. The van der Waals surface area contributed by atoms with E-state index < -0.39 is 0 Å². The van der Waals surface area contributed by atoms with Crippen LogP contribution in [0.2, 0.25) is 0 Å². The van der Waals surface area contributed by atoms with Gasteiger partial charge in [0.1, 0.15) is 0 Å². The number of hydrogen-bond donors (Lipinski definition) is 2. The lowest BCUT2D eigenvalue weighted by Crippen LogP contribution is -2.51. The second-order valence-corrected chi connectivity index (χ2v) is 5.62. The average molecular weight is 252 g/mol. The fraction of sp³-hybridized carbons (Fsp3) is 0.615. The largest absolute Gasteiger partial charge is 0.348 e. The monoisotopic (exact) mass is 252 g/mol. The third kappa shape index (κ3) is 3.07. The van der Waals surface area contributed by atoms with Crippen molar-refractivity contribution in [2.75, 3.05) is 6.54 Å². The summed E-state index contributed by atoms with van der Waals surface area (Å²) in [6, 6.07) is 2.14. The lowest BCUT2D eigenvalue weighted by Gasteiger charge is -2.30. The molecule has 1 amide bonds. The maximum Gasteiger partial charge on any atom is 0.237 e. The summed E-state index contributed by atoms with van der Waals surface area (Å²) in [5.41, 5.74) is 1.19. The van der Waals surface area contributed by atoms with Gasteiger partial charge in [-0.05, 0) is 54.6 Å². The smallest absolute Gasteiger partial charge is 0.237 e. The number of rotatable bonds is 3. The van der Waals surface area contributed by atoms with E-state index in [1.165, 1.54) is 12.0 Å². The summed E-state index contributed by atoms with van der Waals surface area (Å²) in [5.74, 6) is 0.564. The molecule has 1 aliphatic heterocycles. The number of amides is 1. The van der Waals surface area contributed by atoms with Gasteiger partial charge in [-0.2, -0.15) is 11.3 Å². The van der Waals surface area contributed by atoms with Gasteiger partial charge in [0, 0.05) is 0 Å². The standard InChI is InChI=1S/C13H20N2OS/c1-9-4-3-6-14-12(9)13(16)15-10(2)11-5-7-17-8-11/h5,7-10,12,14H,3-4,6H2,1-2H3,(H,15,16). The Bertz CT molecular complexity index is 364. The quantitative estimate of drug-likeness (QED) is 0.867. The van der Waals surface area contributed by atoms with Gasteiger partial charge >= 0.3 is 0 Å². The maximum absolute atomic E-state index is 12.1. The molecule has 0 spiro atoms. The molecule has 3 atom stereocenters. The van der Waals surface area contributed by atoms with Crippen LogP contribution < -0.4 is 10.6 Å². The van der Waals surface area contributed by atoms with E-state index in [9.17, 15) is 4.79 Å². The molecule has 1 fully saturated rings. The third-order valence-electron chi connectivity index (χ3n) is 3.45. The lowest BCUT2D eigenvalue weighted by atomic mass is 9.92. The molecule has 0 aliphatic carbocycles. The Balaban J connectivity index is 1.92. The summed E-state index contributed by atoms with van der Waals surface area (Å²) in [6.07, 6.45) is 2.31. The van der Waals surface area contributed by atoms with Crippen molar-refractivity contribution in [3.63, 3.8) is 0 Å². The van der Waals surface area contributed by atoms with Gasteiger partial charge in [-0.15, -0.1) is 0 Å². The van der Waals surface area contributed by atoms with Crippen molar-refractivity contribution in [2.45, 2.75) is 38.8 Å². The highest BCUT2D eigenvalue weighted by Crippen LogP contribution is 2.19. The zero-order valence-electron chi connectivity index (χ0n) is 10.4. The maximum atomic E-state index is 12.1. The summed E-state index contributed by atoms with van der Waals surface area (Å²) < 4.78 is 0. The molecule has 4 heteroatoms. The van der Waals surface area contributed by atoms with Crippen molar-refractivity contribution in [1.29, 1.82) is 0 Å². The Morgan fingerprint density at radius 3 is 3.12 bits per heavy atom. The molecule has 0 radical (unpaired) electrons. The summed E-state index contributed by atoms with van der Waals surface area (Å²) in [6.45, 7) is 5.13. The molecule has 2 heterocycles. The van der Waals surface area contributed by atoms with Crippen molar-refractivity contribution in [1.82, 2.24) is 10.6 Å². The van der Waals surface area contributed by atoms with E-state index in [1.807, 2.05) is 12.3 Å². The number of hydrogen-bond acceptors (Lipinski definition) is 3. The molecular formula is C13H20N2OS. The van der Waals surface area contributed by atoms with E-state index in [0.29, 0.717) is 5.92 Å². The van der Waals surface area contributed by atoms with Crippen LogP contribution in [0.4, 0.5) is 0 Å². The minimum absolute atomic E-state index is 0.0233. The first-order valence-corrected chi connectivity index (χ1v) is 7.18. The highest BCUT2D eigenvalue weighted by molar-refractivity contribution is 7.07. The Labute approximate surface area is 107 Å². The van der Waals surface area contributed by atoms with Gasteiger partial charge in [0.25, 0.3) is 0 Å². The van der Waals surface area contributed by atoms with Crippen molar-refractivity contribution in [3.05, 3.63) is 22.4 Å². The molecular weight excluding hydrogens is 232 g/mol. The Hall–Kier alpha value is -0.870. The van der Waals surface area contributed by atoms with Crippen molar-refractivity contribution in [2.24, 2.45) is 5.92 Å². The number of thiophene rings is 1. The van der Waals surface area contributed by atoms with Crippen LogP contribution in [-0.2, 0) is 4.79 Å². The SMILES string of the molecule is CC(NC(=O)C1NCCCC1C)c1ccsc1. The van der Waals surface area contributed by atoms with Crippen LogP contribution in [-0.4, -0.2) is 18.5 Å². The van der Waals surface area contributed by atoms with Crippen LogP contribution in [0.25, 0.3) is 0 Å². The topological polar surface area (TPSA) is 41.1 Å². The minimum Gasteiger partial charge on any atom is -0.348 e. The van der Waals surface area contributed by atoms with Crippen LogP contribution in [0.3, 0.4) is 0 Å². The van der Waals surface area contributed by atoms with E-state index >= 15 is 0 Å². The van der Waals surface area contributed by atoms with E-state index in [1.54, 1.807) is 11.3 Å². The summed E-state index contributed by atoms with van der Waals surface area (Å²) in [7, 11) is 0. The fourth-order valence-corrected chi connectivity index (χ4v) is 3.06. The fourth-order valence-electron chi connectivity index (χ4n) is 2.31. The molecule has 0 aromatic carbocycles. The van der Waals surface area contributed by atoms with Crippen molar-refractivity contribution < 1.29 is 4.79 Å². The van der Waals surface area contributed by atoms with Gasteiger partial charge in [-0.1, -0.05) is 6.92 Å². The number of carbonyl (C=O) groups excluding carboxylic acids is 1. The molecule has 2 N–H and O–H groups in total. The second-order valence-electron chi connectivity index (χ2n) is 4.84. The van der Waals surface area contributed by atoms with Crippen LogP contribution >= 0.6 is 11.3 Å². The summed E-state index contributed by atoms with van der Waals surface area (Å²) >= 11 is 1.66. The van der Waals surface area contributed by atoms with Gasteiger partial charge in [0.05, 0.1) is 12.1 Å². The molecule has 1 aliphatic rings. The lowest BCUT2D eigenvalue weighted by molar-refractivity contribution is -0.125. The van der Waals surface area contributed by atoms with Crippen LogP contribution in [0, 0.1) is 5.92 Å². The number of carbonyl (C=O) groups is 1. The molecule has 0 bridgehead atoms. The molecule has 1 aromatic rings. The van der Waals surface area contributed by atoms with E-state index in [-0.39, 0.29) is 18.0 Å². The molecule has 1 saturated heterocycles. The predicted octanol–water partition coefficient (Wildman–Crippen LogP) is 2.31. The summed E-state index contributed by atoms with van der Waals surface area (Å²) in [5, 5.41) is 10.5. The molecule has 17 heavy (non-hydrogen) atoms. The van der Waals surface area contributed by atoms with Gasteiger partial charge < -0.3 is 10.6 Å². The zero-order valence-corrected chi connectivity index (χ0v) is 11.2. The van der Waals surface area contributed by atoms with Gasteiger partial charge in [0.2, 0.25) is 5.91 Å². The second kappa shape index (κ2) is 5.65. The number of piperidine rings is 1. The third-order valence-corrected chi connectivity index (χ3v) is 4.16.